The molecule has 2 atom stereocenters. The van der Waals surface area contributed by atoms with E-state index in [0.717, 1.165) is 17.7 Å². The van der Waals surface area contributed by atoms with Crippen LogP contribution in [0.2, 0.25) is 0 Å². The summed E-state index contributed by atoms with van der Waals surface area (Å²) in [6, 6.07) is 8.56. The van der Waals surface area contributed by atoms with E-state index in [1.807, 2.05) is 14.1 Å². The summed E-state index contributed by atoms with van der Waals surface area (Å²) < 4.78 is 0. The fourth-order valence-corrected chi connectivity index (χ4v) is 3.42. The zero-order valence-corrected chi connectivity index (χ0v) is 17.4. The minimum atomic E-state index is 0.306. The molecule has 0 fully saturated rings. The average molecular weight is 341 g/mol. The fraction of sp³-hybridized carbons (Fsp3) is 0.522. The van der Waals surface area contributed by atoms with Gasteiger partial charge >= 0.3 is 0 Å². The number of rotatable bonds is 7. The molecule has 0 aliphatic rings. The highest BCUT2D eigenvalue weighted by Crippen LogP contribution is 2.32. The third-order valence-electron chi connectivity index (χ3n) is 4.45. The van der Waals surface area contributed by atoms with E-state index in [1.165, 1.54) is 16.8 Å². The maximum Gasteiger partial charge on any atom is 0.0488 e. The summed E-state index contributed by atoms with van der Waals surface area (Å²) in [7, 11) is 3.81. The van der Waals surface area contributed by atoms with Gasteiger partial charge in [0.25, 0.3) is 0 Å². The molecule has 0 spiro atoms. The molecule has 1 N–H and O–H groups in total. The smallest absolute Gasteiger partial charge is 0.0488 e. The van der Waals surface area contributed by atoms with Crippen LogP contribution in [0.3, 0.4) is 0 Å². The summed E-state index contributed by atoms with van der Waals surface area (Å²) in [5.41, 5.74) is 6.05. The SMILES string of the molecule is C=C(NC)c1ccc(C(=NC)C(C=C(C)C)C(C)CC(C)(C)C)cc1. The Bertz CT molecular complexity index is 623. The zero-order chi connectivity index (χ0) is 19.2. The molecule has 0 aromatic heterocycles. The molecule has 1 aromatic carbocycles. The second-order valence-corrected chi connectivity index (χ2v) is 8.43. The van der Waals surface area contributed by atoms with E-state index in [4.69, 9.17) is 4.99 Å². The van der Waals surface area contributed by atoms with Gasteiger partial charge in [0.05, 0.1) is 0 Å². The van der Waals surface area contributed by atoms with Crippen molar-refractivity contribution < 1.29 is 0 Å². The van der Waals surface area contributed by atoms with Gasteiger partial charge in [-0.15, -0.1) is 0 Å². The molecular weight excluding hydrogens is 304 g/mol. The van der Waals surface area contributed by atoms with Crippen LogP contribution in [0.15, 0.2) is 47.5 Å². The highest BCUT2D eigenvalue weighted by atomic mass is 14.8. The lowest BCUT2D eigenvalue weighted by molar-refractivity contribution is 0.290. The molecule has 1 aromatic rings. The predicted octanol–water partition coefficient (Wildman–Crippen LogP) is 5.95. The van der Waals surface area contributed by atoms with Gasteiger partial charge in [-0.25, -0.2) is 0 Å². The molecule has 2 nitrogen and oxygen atoms in total. The molecule has 0 radical (unpaired) electrons. The van der Waals surface area contributed by atoms with Crippen LogP contribution in [-0.2, 0) is 0 Å². The van der Waals surface area contributed by atoms with Gasteiger partial charge < -0.3 is 5.32 Å². The standard InChI is InChI=1S/C23H36N2/c1-16(2)14-21(17(3)15-23(5,6)7)22(25-9)20-12-10-19(11-13-20)18(4)24-8/h10-14,17,21,24H,4,15H2,1-3,5-9H3. The molecule has 0 heterocycles. The third-order valence-corrected chi connectivity index (χ3v) is 4.45. The largest absolute Gasteiger partial charge is 0.388 e. The van der Waals surface area contributed by atoms with Crippen LogP contribution in [0, 0.1) is 17.3 Å². The van der Waals surface area contributed by atoms with Crippen molar-refractivity contribution in [2.75, 3.05) is 14.1 Å². The van der Waals surface area contributed by atoms with Gasteiger partial charge in [0, 0.05) is 31.4 Å². The summed E-state index contributed by atoms with van der Waals surface area (Å²) in [5, 5.41) is 3.10. The molecule has 0 aliphatic heterocycles. The quantitative estimate of drug-likeness (QED) is 0.481. The van der Waals surface area contributed by atoms with Crippen LogP contribution in [0.1, 0.15) is 59.1 Å². The van der Waals surface area contributed by atoms with E-state index in [0.29, 0.717) is 17.3 Å². The first-order valence-electron chi connectivity index (χ1n) is 9.18. The number of allylic oxidation sites excluding steroid dienone is 2. The Morgan fingerprint density at radius 2 is 1.68 bits per heavy atom. The molecular formula is C23H36N2. The van der Waals surface area contributed by atoms with Crippen LogP contribution in [-0.4, -0.2) is 19.8 Å². The zero-order valence-electron chi connectivity index (χ0n) is 17.4. The molecule has 0 bridgehead atoms. The van der Waals surface area contributed by atoms with Gasteiger partial charge in [0.2, 0.25) is 0 Å². The topological polar surface area (TPSA) is 24.4 Å². The van der Waals surface area contributed by atoms with Crippen LogP contribution in [0.4, 0.5) is 0 Å². The summed E-state index contributed by atoms with van der Waals surface area (Å²) in [4.78, 5) is 4.69. The van der Waals surface area contributed by atoms with E-state index in [1.54, 1.807) is 0 Å². The Labute approximate surface area is 155 Å². The summed E-state index contributed by atoms with van der Waals surface area (Å²) >= 11 is 0. The second-order valence-electron chi connectivity index (χ2n) is 8.43. The number of nitrogens with zero attached hydrogens (tertiary/aromatic N) is 1. The lowest BCUT2D eigenvalue weighted by Crippen LogP contribution is -2.25. The van der Waals surface area contributed by atoms with E-state index in [-0.39, 0.29) is 0 Å². The molecule has 2 heteroatoms. The Balaban J connectivity index is 3.22. The Kier molecular flexibility index (Phi) is 7.66. The summed E-state index contributed by atoms with van der Waals surface area (Å²) in [5.74, 6) is 0.855. The van der Waals surface area contributed by atoms with Crippen molar-refractivity contribution in [2.24, 2.45) is 22.2 Å². The predicted molar refractivity (Wildman–Crippen MR) is 113 cm³/mol. The lowest BCUT2D eigenvalue weighted by Gasteiger charge is -2.29. The highest BCUT2D eigenvalue weighted by molar-refractivity contribution is 6.03. The number of hydrogen-bond acceptors (Lipinski definition) is 2. The van der Waals surface area contributed by atoms with Gasteiger partial charge in [-0.1, -0.05) is 70.2 Å². The number of nitrogens with one attached hydrogen (secondary N) is 1. The Morgan fingerprint density at radius 3 is 2.08 bits per heavy atom. The van der Waals surface area contributed by atoms with Gasteiger partial charge in [-0.2, -0.15) is 0 Å². The van der Waals surface area contributed by atoms with Crippen molar-refractivity contribution in [1.82, 2.24) is 5.32 Å². The number of aliphatic imine (C=N–C) groups is 1. The maximum atomic E-state index is 4.69. The fourth-order valence-electron chi connectivity index (χ4n) is 3.42. The third kappa shape index (κ3) is 6.53. The molecule has 2 unspecified atom stereocenters. The maximum absolute atomic E-state index is 4.69. The monoisotopic (exact) mass is 340 g/mol. The van der Waals surface area contributed by atoms with Gasteiger partial charge in [-0.3, -0.25) is 4.99 Å². The van der Waals surface area contributed by atoms with Gasteiger partial charge in [0.15, 0.2) is 0 Å². The van der Waals surface area contributed by atoms with Crippen LogP contribution in [0.5, 0.6) is 0 Å². The molecule has 0 saturated carbocycles. The molecule has 0 amide bonds. The van der Waals surface area contributed by atoms with E-state index >= 15 is 0 Å². The van der Waals surface area contributed by atoms with E-state index < -0.39 is 0 Å². The molecule has 0 aliphatic carbocycles. The van der Waals surface area contributed by atoms with Gasteiger partial charge in [-0.05, 0) is 42.7 Å². The normalized spacial score (nSPS) is 14.6. The van der Waals surface area contributed by atoms with Crippen LogP contribution >= 0.6 is 0 Å². The molecule has 25 heavy (non-hydrogen) atoms. The summed E-state index contributed by atoms with van der Waals surface area (Å²) in [6.45, 7) is 17.6. The highest BCUT2D eigenvalue weighted by Gasteiger charge is 2.26. The lowest BCUT2D eigenvalue weighted by atomic mass is 9.76. The first kappa shape index (κ1) is 21.2. The average Bonchev–Trinajstić information content (AvgIpc) is 2.52. The van der Waals surface area contributed by atoms with E-state index in [2.05, 4.69) is 83.8 Å². The van der Waals surface area contributed by atoms with E-state index in [9.17, 15) is 0 Å². The van der Waals surface area contributed by atoms with Crippen molar-refractivity contribution in [3.05, 3.63) is 53.6 Å². The number of benzene rings is 1. The van der Waals surface area contributed by atoms with Crippen molar-refractivity contribution in [3.63, 3.8) is 0 Å². The first-order chi connectivity index (χ1) is 11.6. The number of hydrogen-bond donors (Lipinski definition) is 1. The minimum absolute atomic E-state index is 0.306. The van der Waals surface area contributed by atoms with Crippen molar-refractivity contribution in [1.29, 1.82) is 0 Å². The molecule has 138 valence electrons. The van der Waals surface area contributed by atoms with Gasteiger partial charge in [0.1, 0.15) is 0 Å². The van der Waals surface area contributed by atoms with Crippen molar-refractivity contribution in [2.45, 2.75) is 48.0 Å². The second kappa shape index (κ2) is 9.03. The Hall–Kier alpha value is -1.83. The Morgan fingerprint density at radius 1 is 1.16 bits per heavy atom. The van der Waals surface area contributed by atoms with Crippen molar-refractivity contribution >= 4 is 11.4 Å². The van der Waals surface area contributed by atoms with Crippen LogP contribution < -0.4 is 5.32 Å². The summed E-state index contributed by atoms with van der Waals surface area (Å²) in [6.07, 6.45) is 3.54. The van der Waals surface area contributed by atoms with Crippen LogP contribution in [0.25, 0.3) is 5.70 Å². The molecule has 1 rings (SSSR count). The minimum Gasteiger partial charge on any atom is -0.388 e. The molecule has 0 saturated heterocycles. The van der Waals surface area contributed by atoms with Crippen molar-refractivity contribution in [3.8, 4) is 0 Å². The first-order valence-corrected chi connectivity index (χ1v) is 9.18.